The summed E-state index contributed by atoms with van der Waals surface area (Å²) < 4.78 is 30.2. The molecule has 0 spiro atoms. The molecule has 0 radical (unpaired) electrons. The first-order valence-electron chi connectivity index (χ1n) is 8.98. The molecule has 1 N–H and O–H groups in total. The summed E-state index contributed by atoms with van der Waals surface area (Å²) in [6, 6.07) is 12.0. The summed E-state index contributed by atoms with van der Waals surface area (Å²) in [4.78, 5) is 36.5. The minimum Gasteiger partial charge on any atom is -0.462 e. The van der Waals surface area contributed by atoms with Crippen molar-refractivity contribution < 1.29 is 27.5 Å². The van der Waals surface area contributed by atoms with Crippen LogP contribution in [-0.4, -0.2) is 38.6 Å². The van der Waals surface area contributed by atoms with Crippen molar-refractivity contribution in [1.82, 2.24) is 0 Å². The van der Waals surface area contributed by atoms with Crippen molar-refractivity contribution in [2.24, 2.45) is 5.92 Å². The SMILES string of the molecule is CCOC(=O)c1ccc(NC(=O)c2cccc(N3C(=O)C(C)CS3(=O)=O)c2)cc1. The van der Waals surface area contributed by atoms with Crippen LogP contribution < -0.4 is 9.62 Å². The van der Waals surface area contributed by atoms with Crippen molar-refractivity contribution in [1.29, 1.82) is 0 Å². The highest BCUT2D eigenvalue weighted by Gasteiger charge is 2.42. The van der Waals surface area contributed by atoms with E-state index >= 15 is 0 Å². The molecule has 0 aliphatic carbocycles. The summed E-state index contributed by atoms with van der Waals surface area (Å²) in [6.07, 6.45) is 0. The fraction of sp³-hybridized carbons (Fsp3) is 0.250. The van der Waals surface area contributed by atoms with Gasteiger partial charge in [-0.3, -0.25) is 9.59 Å². The highest BCUT2D eigenvalue weighted by Crippen LogP contribution is 2.29. The number of carbonyl (C=O) groups is 3. The van der Waals surface area contributed by atoms with Gasteiger partial charge in [0.2, 0.25) is 15.9 Å². The first-order chi connectivity index (χ1) is 13.7. The molecule has 1 saturated heterocycles. The molecule has 2 aromatic rings. The average molecular weight is 416 g/mol. The Kier molecular flexibility index (Phi) is 5.69. The number of nitrogens with zero attached hydrogens (tertiary/aromatic N) is 1. The summed E-state index contributed by atoms with van der Waals surface area (Å²) in [5.41, 5.74) is 1.13. The van der Waals surface area contributed by atoms with Crippen molar-refractivity contribution in [2.45, 2.75) is 13.8 Å². The van der Waals surface area contributed by atoms with E-state index in [4.69, 9.17) is 4.74 Å². The molecule has 0 aromatic heterocycles. The number of nitrogens with one attached hydrogen (secondary N) is 1. The maximum absolute atomic E-state index is 12.6. The minimum atomic E-state index is -3.75. The largest absolute Gasteiger partial charge is 0.462 e. The number of hydrogen-bond acceptors (Lipinski definition) is 6. The highest BCUT2D eigenvalue weighted by molar-refractivity contribution is 7.94. The van der Waals surface area contributed by atoms with Crippen molar-refractivity contribution in [3.8, 4) is 0 Å². The number of amides is 2. The van der Waals surface area contributed by atoms with Crippen LogP contribution in [0.2, 0.25) is 0 Å². The molecule has 1 aliphatic heterocycles. The number of carbonyl (C=O) groups excluding carboxylic acids is 3. The van der Waals surface area contributed by atoms with Gasteiger partial charge in [0.1, 0.15) is 0 Å². The quantitative estimate of drug-likeness (QED) is 0.750. The van der Waals surface area contributed by atoms with Gasteiger partial charge in [0, 0.05) is 11.3 Å². The third kappa shape index (κ3) is 4.29. The Morgan fingerprint density at radius 3 is 2.41 bits per heavy atom. The van der Waals surface area contributed by atoms with Crippen LogP contribution in [0.3, 0.4) is 0 Å². The number of ether oxygens (including phenoxy) is 1. The molecular formula is C20H20N2O6S. The summed E-state index contributed by atoms with van der Waals surface area (Å²) >= 11 is 0. The molecule has 1 heterocycles. The number of sulfonamides is 1. The first kappa shape index (κ1) is 20.5. The van der Waals surface area contributed by atoms with Gasteiger partial charge < -0.3 is 10.1 Å². The van der Waals surface area contributed by atoms with E-state index in [1.165, 1.54) is 36.4 Å². The lowest BCUT2D eigenvalue weighted by Crippen LogP contribution is -2.30. The molecule has 1 unspecified atom stereocenters. The van der Waals surface area contributed by atoms with Gasteiger partial charge in [-0.25, -0.2) is 17.5 Å². The van der Waals surface area contributed by atoms with Crippen LogP contribution in [-0.2, 0) is 19.6 Å². The molecule has 0 saturated carbocycles. The maximum atomic E-state index is 12.6. The summed E-state index contributed by atoms with van der Waals surface area (Å²) in [5.74, 6) is -2.33. The van der Waals surface area contributed by atoms with Gasteiger partial charge >= 0.3 is 5.97 Å². The summed E-state index contributed by atoms with van der Waals surface area (Å²) in [6.45, 7) is 3.53. The smallest absolute Gasteiger partial charge is 0.338 e. The molecule has 9 heteroatoms. The van der Waals surface area contributed by atoms with E-state index in [1.54, 1.807) is 26.0 Å². The Balaban J connectivity index is 1.78. The van der Waals surface area contributed by atoms with Gasteiger partial charge in [0.25, 0.3) is 5.91 Å². The van der Waals surface area contributed by atoms with Crippen molar-refractivity contribution in [3.05, 3.63) is 59.7 Å². The Hall–Kier alpha value is -3.20. The Labute approximate surface area is 168 Å². The zero-order valence-electron chi connectivity index (χ0n) is 15.9. The van der Waals surface area contributed by atoms with Crippen LogP contribution in [0.25, 0.3) is 0 Å². The van der Waals surface area contributed by atoms with Gasteiger partial charge in [-0.05, 0) is 49.4 Å². The van der Waals surface area contributed by atoms with E-state index in [0.717, 1.165) is 4.31 Å². The van der Waals surface area contributed by atoms with Crippen LogP contribution in [0.15, 0.2) is 48.5 Å². The molecule has 152 valence electrons. The van der Waals surface area contributed by atoms with Gasteiger partial charge in [-0.1, -0.05) is 13.0 Å². The van der Waals surface area contributed by atoms with Gasteiger partial charge in [-0.2, -0.15) is 0 Å². The number of benzene rings is 2. The molecule has 0 bridgehead atoms. The zero-order valence-corrected chi connectivity index (χ0v) is 16.7. The fourth-order valence-corrected chi connectivity index (χ4v) is 4.78. The second kappa shape index (κ2) is 8.04. The van der Waals surface area contributed by atoms with Crippen LogP contribution in [0.4, 0.5) is 11.4 Å². The lowest BCUT2D eigenvalue weighted by atomic mass is 10.1. The molecule has 2 amide bonds. The number of rotatable bonds is 5. The Bertz CT molecular complexity index is 1060. The van der Waals surface area contributed by atoms with Crippen molar-refractivity contribution in [3.63, 3.8) is 0 Å². The number of esters is 1. The second-order valence-corrected chi connectivity index (χ2v) is 8.45. The predicted octanol–water partition coefficient (Wildman–Crippen LogP) is 2.43. The molecule has 29 heavy (non-hydrogen) atoms. The number of anilines is 2. The standard InChI is InChI=1S/C20H20N2O6S/c1-3-28-20(25)14-7-9-16(10-8-14)21-18(23)15-5-4-6-17(11-15)22-19(24)13(2)12-29(22,26)27/h4-11,13H,3,12H2,1-2H3,(H,21,23). The van der Waals surface area contributed by atoms with E-state index < -0.39 is 33.7 Å². The van der Waals surface area contributed by atoms with Gasteiger partial charge in [0.15, 0.2) is 0 Å². The fourth-order valence-electron chi connectivity index (χ4n) is 2.97. The van der Waals surface area contributed by atoms with Gasteiger partial charge in [-0.15, -0.1) is 0 Å². The van der Waals surface area contributed by atoms with Gasteiger partial charge in [0.05, 0.1) is 29.5 Å². The second-order valence-electron chi connectivity index (χ2n) is 6.58. The third-order valence-corrected chi connectivity index (χ3v) is 6.23. The zero-order chi connectivity index (χ0) is 21.2. The minimum absolute atomic E-state index is 0.129. The van der Waals surface area contributed by atoms with Crippen LogP contribution in [0.1, 0.15) is 34.6 Å². The van der Waals surface area contributed by atoms with Crippen LogP contribution >= 0.6 is 0 Å². The lowest BCUT2D eigenvalue weighted by molar-refractivity contribution is -0.119. The first-order valence-corrected chi connectivity index (χ1v) is 10.6. The van der Waals surface area contributed by atoms with Crippen molar-refractivity contribution >= 4 is 39.2 Å². The monoisotopic (exact) mass is 416 g/mol. The molecule has 3 rings (SSSR count). The van der Waals surface area contributed by atoms with Crippen LogP contribution in [0.5, 0.6) is 0 Å². The highest BCUT2D eigenvalue weighted by atomic mass is 32.2. The normalized spacial score (nSPS) is 17.8. The molecule has 1 atom stereocenters. The van der Waals surface area contributed by atoms with Crippen LogP contribution in [0, 0.1) is 5.92 Å². The van der Waals surface area contributed by atoms with E-state index in [0.29, 0.717) is 11.3 Å². The topological polar surface area (TPSA) is 110 Å². The molecule has 1 fully saturated rings. The lowest BCUT2D eigenvalue weighted by Gasteiger charge is -2.16. The average Bonchev–Trinajstić information content (AvgIpc) is 2.89. The van der Waals surface area contributed by atoms with E-state index in [9.17, 15) is 22.8 Å². The molecule has 1 aliphatic rings. The molecule has 8 nitrogen and oxygen atoms in total. The third-order valence-electron chi connectivity index (χ3n) is 4.36. The maximum Gasteiger partial charge on any atom is 0.338 e. The summed E-state index contributed by atoms with van der Waals surface area (Å²) in [7, 11) is -3.75. The van der Waals surface area contributed by atoms with E-state index in [2.05, 4.69) is 5.32 Å². The van der Waals surface area contributed by atoms with Crippen molar-refractivity contribution in [2.75, 3.05) is 22.0 Å². The predicted molar refractivity (Wildman–Crippen MR) is 107 cm³/mol. The summed E-state index contributed by atoms with van der Waals surface area (Å²) in [5, 5.41) is 2.67. The van der Waals surface area contributed by atoms with E-state index in [-0.39, 0.29) is 23.6 Å². The van der Waals surface area contributed by atoms with E-state index in [1.807, 2.05) is 0 Å². The Morgan fingerprint density at radius 2 is 1.83 bits per heavy atom. The number of hydrogen-bond donors (Lipinski definition) is 1. The molecule has 2 aromatic carbocycles. The molecular weight excluding hydrogens is 396 g/mol. The Morgan fingerprint density at radius 1 is 1.14 bits per heavy atom.